The van der Waals surface area contributed by atoms with E-state index in [2.05, 4.69) is 12.2 Å². The highest BCUT2D eigenvalue weighted by atomic mass is 14.9. The first-order valence-corrected chi connectivity index (χ1v) is 6.08. The van der Waals surface area contributed by atoms with Gasteiger partial charge in [0.2, 0.25) is 0 Å². The van der Waals surface area contributed by atoms with Gasteiger partial charge in [-0.25, -0.2) is 0 Å². The van der Waals surface area contributed by atoms with Gasteiger partial charge < -0.3 is 5.32 Å². The highest BCUT2D eigenvalue weighted by Gasteiger charge is 2.39. The largest absolute Gasteiger partial charge is 0.317 e. The predicted octanol–water partition coefficient (Wildman–Crippen LogP) is 2.96. The normalized spacial score (nSPS) is 29.3. The summed E-state index contributed by atoms with van der Waals surface area (Å²) in [4.78, 5) is 0. The molecule has 1 aliphatic heterocycles. The van der Waals surface area contributed by atoms with Crippen molar-refractivity contribution in [3.63, 3.8) is 0 Å². The molecule has 0 aromatic rings. The van der Waals surface area contributed by atoms with Gasteiger partial charge in [0.25, 0.3) is 0 Å². The van der Waals surface area contributed by atoms with E-state index in [4.69, 9.17) is 0 Å². The maximum absolute atomic E-state index is 3.48. The van der Waals surface area contributed by atoms with Gasteiger partial charge in [-0.3, -0.25) is 0 Å². The van der Waals surface area contributed by atoms with Crippen LogP contribution in [0.15, 0.2) is 0 Å². The van der Waals surface area contributed by atoms with Crippen molar-refractivity contribution in [2.45, 2.75) is 51.9 Å². The van der Waals surface area contributed by atoms with Gasteiger partial charge >= 0.3 is 0 Å². The summed E-state index contributed by atoms with van der Waals surface area (Å²) in [6.07, 6.45) is 10.3. The number of nitrogens with one attached hydrogen (secondary N) is 1. The fourth-order valence-electron chi connectivity index (χ4n) is 3.56. The monoisotopic (exact) mass is 181 g/mol. The van der Waals surface area contributed by atoms with E-state index in [9.17, 15) is 0 Å². The molecule has 1 heterocycles. The molecule has 13 heavy (non-hydrogen) atoms. The lowest BCUT2D eigenvalue weighted by Crippen LogP contribution is -2.37. The van der Waals surface area contributed by atoms with Gasteiger partial charge in [-0.2, -0.15) is 0 Å². The lowest BCUT2D eigenvalue weighted by atomic mass is 9.68. The Labute approximate surface area is 82.3 Å². The molecular formula is C12H23N. The van der Waals surface area contributed by atoms with Crippen LogP contribution in [0.2, 0.25) is 0 Å². The molecule has 1 heteroatoms. The minimum absolute atomic E-state index is 0.766. The summed E-state index contributed by atoms with van der Waals surface area (Å²) in [5.41, 5.74) is 0.766. The van der Waals surface area contributed by atoms with Crippen molar-refractivity contribution < 1.29 is 0 Å². The molecule has 1 N–H and O–H groups in total. The van der Waals surface area contributed by atoms with Gasteiger partial charge in [-0.05, 0) is 50.1 Å². The summed E-state index contributed by atoms with van der Waals surface area (Å²) in [6, 6.07) is 0. The quantitative estimate of drug-likeness (QED) is 0.690. The summed E-state index contributed by atoms with van der Waals surface area (Å²) >= 11 is 0. The number of hydrogen-bond donors (Lipinski definition) is 1. The standard InChI is InChI=1S/C12H23N/c1-2-12(7-3-4-8-12)11-5-9-13-10-6-11/h11,13H,2-10H2,1H3. The maximum atomic E-state index is 3.48. The van der Waals surface area contributed by atoms with E-state index in [-0.39, 0.29) is 0 Å². The lowest BCUT2D eigenvalue weighted by Gasteiger charge is -2.39. The highest BCUT2D eigenvalue weighted by molar-refractivity contribution is 4.91. The van der Waals surface area contributed by atoms with E-state index < -0.39 is 0 Å². The first-order valence-electron chi connectivity index (χ1n) is 6.08. The summed E-state index contributed by atoms with van der Waals surface area (Å²) in [7, 11) is 0. The third-order valence-corrected chi connectivity index (χ3v) is 4.51. The van der Waals surface area contributed by atoms with Crippen molar-refractivity contribution in [2.24, 2.45) is 11.3 Å². The average Bonchev–Trinajstić information content (AvgIpc) is 2.69. The zero-order valence-electron chi connectivity index (χ0n) is 8.94. The van der Waals surface area contributed by atoms with Gasteiger partial charge in [0, 0.05) is 0 Å². The molecule has 1 saturated heterocycles. The second-order valence-corrected chi connectivity index (χ2v) is 4.95. The van der Waals surface area contributed by atoms with Gasteiger partial charge in [0.05, 0.1) is 0 Å². The fourth-order valence-corrected chi connectivity index (χ4v) is 3.56. The molecule has 2 rings (SSSR count). The molecule has 0 radical (unpaired) electrons. The molecular weight excluding hydrogens is 158 g/mol. The third-order valence-electron chi connectivity index (χ3n) is 4.51. The lowest BCUT2D eigenvalue weighted by molar-refractivity contribution is 0.123. The Morgan fingerprint density at radius 3 is 2.31 bits per heavy atom. The second-order valence-electron chi connectivity index (χ2n) is 4.95. The summed E-state index contributed by atoms with van der Waals surface area (Å²) in [6.45, 7) is 4.95. The first-order chi connectivity index (χ1) is 6.37. The van der Waals surface area contributed by atoms with E-state index in [1.165, 1.54) is 58.0 Å². The van der Waals surface area contributed by atoms with Crippen LogP contribution in [0.25, 0.3) is 0 Å². The number of hydrogen-bond acceptors (Lipinski definition) is 1. The SMILES string of the molecule is CCC1(C2CCNCC2)CCCC1. The van der Waals surface area contributed by atoms with E-state index in [0.717, 1.165) is 11.3 Å². The van der Waals surface area contributed by atoms with Crippen LogP contribution in [0.1, 0.15) is 51.9 Å². The summed E-state index contributed by atoms with van der Waals surface area (Å²) in [5.74, 6) is 1.04. The molecule has 0 unspecified atom stereocenters. The number of rotatable bonds is 2. The van der Waals surface area contributed by atoms with Crippen LogP contribution >= 0.6 is 0 Å². The van der Waals surface area contributed by atoms with Crippen LogP contribution in [0.5, 0.6) is 0 Å². The number of piperidine rings is 1. The molecule has 0 aromatic carbocycles. The topological polar surface area (TPSA) is 12.0 Å². The van der Waals surface area contributed by atoms with E-state index in [1.807, 2.05) is 0 Å². The van der Waals surface area contributed by atoms with E-state index in [1.54, 1.807) is 0 Å². The maximum Gasteiger partial charge on any atom is -0.00461 e. The van der Waals surface area contributed by atoms with Gasteiger partial charge in [-0.15, -0.1) is 0 Å². The van der Waals surface area contributed by atoms with Crippen LogP contribution in [0.3, 0.4) is 0 Å². The molecule has 0 atom stereocenters. The minimum Gasteiger partial charge on any atom is -0.317 e. The predicted molar refractivity (Wildman–Crippen MR) is 56.8 cm³/mol. The Morgan fingerprint density at radius 1 is 1.15 bits per heavy atom. The summed E-state index contributed by atoms with van der Waals surface area (Å²) in [5, 5.41) is 3.48. The molecule has 1 saturated carbocycles. The van der Waals surface area contributed by atoms with Crippen molar-refractivity contribution >= 4 is 0 Å². The van der Waals surface area contributed by atoms with Gasteiger partial charge in [0.15, 0.2) is 0 Å². The van der Waals surface area contributed by atoms with E-state index in [0.29, 0.717) is 0 Å². The molecule has 0 amide bonds. The van der Waals surface area contributed by atoms with Crippen LogP contribution in [0.4, 0.5) is 0 Å². The van der Waals surface area contributed by atoms with Crippen molar-refractivity contribution in [1.82, 2.24) is 5.32 Å². The molecule has 1 nitrogen and oxygen atoms in total. The van der Waals surface area contributed by atoms with Crippen LogP contribution in [-0.2, 0) is 0 Å². The molecule has 76 valence electrons. The first kappa shape index (κ1) is 9.51. The molecule has 0 aromatic heterocycles. The minimum atomic E-state index is 0.766. The van der Waals surface area contributed by atoms with E-state index >= 15 is 0 Å². The Bertz CT molecular complexity index is 153. The van der Waals surface area contributed by atoms with Crippen molar-refractivity contribution in [2.75, 3.05) is 13.1 Å². The zero-order valence-corrected chi connectivity index (χ0v) is 8.94. The Balaban J connectivity index is 2.01. The Morgan fingerprint density at radius 2 is 1.77 bits per heavy atom. The average molecular weight is 181 g/mol. The summed E-state index contributed by atoms with van der Waals surface area (Å²) < 4.78 is 0. The smallest absolute Gasteiger partial charge is 0.00461 e. The molecule has 0 spiro atoms. The Hall–Kier alpha value is -0.0400. The Kier molecular flexibility index (Phi) is 2.92. The van der Waals surface area contributed by atoms with Gasteiger partial charge in [-0.1, -0.05) is 26.2 Å². The zero-order chi connectivity index (χ0) is 9.15. The second kappa shape index (κ2) is 4.00. The van der Waals surface area contributed by atoms with Crippen LogP contribution in [-0.4, -0.2) is 13.1 Å². The van der Waals surface area contributed by atoms with Crippen molar-refractivity contribution in [3.8, 4) is 0 Å². The molecule has 0 bridgehead atoms. The highest BCUT2D eigenvalue weighted by Crippen LogP contribution is 2.49. The van der Waals surface area contributed by atoms with Gasteiger partial charge in [0.1, 0.15) is 0 Å². The third kappa shape index (κ3) is 1.76. The molecule has 1 aliphatic carbocycles. The molecule has 2 aliphatic rings. The molecule has 2 fully saturated rings. The van der Waals surface area contributed by atoms with Crippen LogP contribution < -0.4 is 5.32 Å². The van der Waals surface area contributed by atoms with Crippen LogP contribution in [0, 0.1) is 11.3 Å². The fraction of sp³-hybridized carbons (Fsp3) is 1.00. The van der Waals surface area contributed by atoms with Crippen molar-refractivity contribution in [1.29, 1.82) is 0 Å². The van der Waals surface area contributed by atoms with Crippen molar-refractivity contribution in [3.05, 3.63) is 0 Å².